The van der Waals surface area contributed by atoms with Crippen molar-refractivity contribution in [1.29, 1.82) is 5.26 Å². The van der Waals surface area contributed by atoms with Crippen LogP contribution >= 0.6 is 11.3 Å². The Morgan fingerprint density at radius 1 is 1.69 bits per heavy atom. The molecule has 0 bridgehead atoms. The normalized spacial score (nSPS) is 20.1. The number of likely N-dealkylation sites (N-methyl/N-ethyl adjacent to an activating group) is 1. The van der Waals surface area contributed by atoms with Crippen molar-refractivity contribution in [3.8, 4) is 6.07 Å². The van der Waals surface area contributed by atoms with Gasteiger partial charge in [-0.05, 0) is 18.6 Å². The van der Waals surface area contributed by atoms with Crippen molar-refractivity contribution < 1.29 is 4.79 Å². The number of nitriles is 1. The number of nitrogens with zero attached hydrogens (tertiary/aromatic N) is 2. The van der Waals surface area contributed by atoms with Crippen LogP contribution < -0.4 is 5.32 Å². The Hall–Kier alpha value is -1.38. The van der Waals surface area contributed by atoms with Gasteiger partial charge in [-0.2, -0.15) is 5.26 Å². The van der Waals surface area contributed by atoms with E-state index in [1.54, 1.807) is 4.90 Å². The number of thiophene rings is 1. The highest BCUT2D eigenvalue weighted by molar-refractivity contribution is 7.12. The molecule has 5 heteroatoms. The molecular weight excluding hydrogens is 222 g/mol. The molecule has 0 spiro atoms. The van der Waals surface area contributed by atoms with Gasteiger partial charge in [-0.15, -0.1) is 11.3 Å². The molecule has 0 aliphatic carbocycles. The summed E-state index contributed by atoms with van der Waals surface area (Å²) in [5, 5.41) is 11.9. The van der Waals surface area contributed by atoms with Crippen LogP contribution in [0.1, 0.15) is 16.2 Å². The Morgan fingerprint density at radius 3 is 3.06 bits per heavy atom. The molecule has 1 aliphatic rings. The van der Waals surface area contributed by atoms with Gasteiger partial charge in [-0.25, -0.2) is 0 Å². The fourth-order valence-corrected chi connectivity index (χ4v) is 2.52. The van der Waals surface area contributed by atoms with Gasteiger partial charge in [0.05, 0.1) is 6.04 Å². The average molecular weight is 235 g/mol. The Balaban J connectivity index is 1.88. The Morgan fingerprint density at radius 2 is 2.50 bits per heavy atom. The van der Waals surface area contributed by atoms with Crippen molar-refractivity contribution in [1.82, 2.24) is 10.2 Å². The van der Waals surface area contributed by atoms with Gasteiger partial charge in [-0.3, -0.25) is 4.79 Å². The largest absolute Gasteiger partial charge is 0.344 e. The van der Waals surface area contributed by atoms with Gasteiger partial charge in [0.15, 0.2) is 0 Å². The lowest BCUT2D eigenvalue weighted by atomic mass is 10.2. The van der Waals surface area contributed by atoms with Crippen LogP contribution in [0.3, 0.4) is 0 Å². The number of likely N-dealkylation sites (tertiary alicyclic amines) is 1. The summed E-state index contributed by atoms with van der Waals surface area (Å²) < 4.78 is 0. The molecule has 2 heterocycles. The van der Waals surface area contributed by atoms with E-state index in [4.69, 9.17) is 5.26 Å². The van der Waals surface area contributed by atoms with E-state index in [9.17, 15) is 4.79 Å². The Kier molecular flexibility index (Phi) is 3.22. The van der Waals surface area contributed by atoms with Crippen LogP contribution in [0.15, 0.2) is 12.1 Å². The molecule has 1 aromatic heterocycles. The third-order valence-corrected chi connectivity index (χ3v) is 3.71. The number of hydrogen-bond donors (Lipinski definition) is 1. The van der Waals surface area contributed by atoms with Crippen LogP contribution in [0.25, 0.3) is 0 Å². The van der Waals surface area contributed by atoms with Gasteiger partial charge in [0, 0.05) is 25.0 Å². The summed E-state index contributed by atoms with van der Waals surface area (Å²) in [6.45, 7) is 1.49. The maximum atomic E-state index is 11.6. The highest BCUT2D eigenvalue weighted by Gasteiger charge is 2.28. The van der Waals surface area contributed by atoms with Crippen LogP contribution in [0.2, 0.25) is 0 Å². The smallest absolute Gasteiger partial charge is 0.239 e. The average Bonchev–Trinajstić information content (AvgIpc) is 2.86. The number of amides is 1. The van der Waals surface area contributed by atoms with Gasteiger partial charge in [0.2, 0.25) is 5.91 Å². The molecule has 1 fully saturated rings. The monoisotopic (exact) mass is 235 g/mol. The highest BCUT2D eigenvalue weighted by Crippen LogP contribution is 2.16. The maximum absolute atomic E-state index is 11.6. The minimum Gasteiger partial charge on any atom is -0.344 e. The molecule has 1 N–H and O–H groups in total. The van der Waals surface area contributed by atoms with E-state index in [0.717, 1.165) is 17.8 Å². The van der Waals surface area contributed by atoms with Crippen molar-refractivity contribution in [2.24, 2.45) is 0 Å². The number of hydrogen-bond acceptors (Lipinski definition) is 4. The van der Waals surface area contributed by atoms with Gasteiger partial charge in [-0.1, -0.05) is 0 Å². The van der Waals surface area contributed by atoms with E-state index in [1.165, 1.54) is 11.3 Å². The van der Waals surface area contributed by atoms with E-state index >= 15 is 0 Å². The van der Waals surface area contributed by atoms with E-state index in [-0.39, 0.29) is 11.9 Å². The minimum absolute atomic E-state index is 0.0577. The fraction of sp³-hybridized carbons (Fsp3) is 0.455. The topological polar surface area (TPSA) is 56.1 Å². The van der Waals surface area contributed by atoms with E-state index in [2.05, 4.69) is 11.4 Å². The summed E-state index contributed by atoms with van der Waals surface area (Å²) in [6, 6.07) is 5.79. The van der Waals surface area contributed by atoms with Crippen molar-refractivity contribution in [2.45, 2.75) is 19.0 Å². The molecule has 1 atom stereocenters. The predicted octanol–water partition coefficient (Wildman–Crippen LogP) is 0.940. The van der Waals surface area contributed by atoms with Crippen LogP contribution in [0.4, 0.5) is 0 Å². The molecule has 16 heavy (non-hydrogen) atoms. The first-order chi connectivity index (χ1) is 7.70. The summed E-state index contributed by atoms with van der Waals surface area (Å²) in [5.41, 5.74) is 0. The van der Waals surface area contributed by atoms with Gasteiger partial charge >= 0.3 is 0 Å². The molecular formula is C11H13N3OS. The van der Waals surface area contributed by atoms with Gasteiger partial charge in [0.25, 0.3) is 0 Å². The Labute approximate surface area is 98.5 Å². The van der Waals surface area contributed by atoms with Crippen LogP contribution in [0, 0.1) is 11.3 Å². The van der Waals surface area contributed by atoms with Crippen LogP contribution in [0.5, 0.6) is 0 Å². The third kappa shape index (κ3) is 2.23. The van der Waals surface area contributed by atoms with Crippen molar-refractivity contribution in [3.63, 3.8) is 0 Å². The predicted molar refractivity (Wildman–Crippen MR) is 61.9 cm³/mol. The molecule has 1 saturated heterocycles. The SMILES string of the molecule is CN1CCC(NCc2ccc(C#N)s2)C1=O. The minimum atomic E-state index is -0.0577. The van der Waals surface area contributed by atoms with Gasteiger partial charge < -0.3 is 10.2 Å². The molecule has 2 rings (SSSR count). The van der Waals surface area contributed by atoms with E-state index in [1.807, 2.05) is 19.2 Å². The molecule has 1 amide bonds. The summed E-state index contributed by atoms with van der Waals surface area (Å²) in [4.78, 5) is 15.2. The van der Waals surface area contributed by atoms with Crippen LogP contribution in [-0.4, -0.2) is 30.4 Å². The lowest BCUT2D eigenvalue weighted by molar-refractivity contribution is -0.128. The summed E-state index contributed by atoms with van der Waals surface area (Å²) in [6.07, 6.45) is 0.867. The number of nitrogens with one attached hydrogen (secondary N) is 1. The first kappa shape index (κ1) is 11.1. The van der Waals surface area contributed by atoms with Gasteiger partial charge in [0.1, 0.15) is 10.9 Å². The quantitative estimate of drug-likeness (QED) is 0.848. The van der Waals surface area contributed by atoms with Crippen molar-refractivity contribution >= 4 is 17.2 Å². The first-order valence-corrected chi connectivity index (χ1v) is 5.99. The first-order valence-electron chi connectivity index (χ1n) is 5.18. The lowest BCUT2D eigenvalue weighted by Crippen LogP contribution is -2.36. The maximum Gasteiger partial charge on any atom is 0.239 e. The lowest BCUT2D eigenvalue weighted by Gasteiger charge is -2.11. The molecule has 0 saturated carbocycles. The van der Waals surface area contributed by atoms with Crippen LogP contribution in [-0.2, 0) is 11.3 Å². The molecule has 1 aliphatic heterocycles. The van der Waals surface area contributed by atoms with E-state index in [0.29, 0.717) is 11.4 Å². The zero-order chi connectivity index (χ0) is 11.5. The standard InChI is InChI=1S/C11H13N3OS/c1-14-5-4-10(11(14)15)13-7-9-3-2-8(6-12)16-9/h2-3,10,13H,4-5,7H2,1H3. The zero-order valence-corrected chi connectivity index (χ0v) is 9.88. The number of carbonyl (C=O) groups excluding carboxylic acids is 1. The molecule has 4 nitrogen and oxygen atoms in total. The fourth-order valence-electron chi connectivity index (χ4n) is 1.77. The summed E-state index contributed by atoms with van der Waals surface area (Å²) in [7, 11) is 1.82. The second-order valence-electron chi connectivity index (χ2n) is 3.86. The Bertz CT molecular complexity index is 435. The highest BCUT2D eigenvalue weighted by atomic mass is 32.1. The third-order valence-electron chi connectivity index (χ3n) is 2.72. The number of carbonyl (C=O) groups is 1. The van der Waals surface area contributed by atoms with E-state index < -0.39 is 0 Å². The van der Waals surface area contributed by atoms with Crippen molar-refractivity contribution in [2.75, 3.05) is 13.6 Å². The summed E-state index contributed by atoms with van der Waals surface area (Å²) in [5.74, 6) is 0.164. The second kappa shape index (κ2) is 4.64. The molecule has 0 radical (unpaired) electrons. The molecule has 0 aromatic carbocycles. The zero-order valence-electron chi connectivity index (χ0n) is 9.06. The van der Waals surface area contributed by atoms with Crippen molar-refractivity contribution in [3.05, 3.63) is 21.9 Å². The second-order valence-corrected chi connectivity index (χ2v) is 5.03. The summed E-state index contributed by atoms with van der Waals surface area (Å²) >= 11 is 1.47. The molecule has 1 unspecified atom stereocenters. The number of rotatable bonds is 3. The molecule has 1 aromatic rings. The molecule has 84 valence electrons.